The maximum Gasteiger partial charge on any atom is 0.134 e. The number of rotatable bonds is 3. The fraction of sp³-hybridized carbons (Fsp3) is 0.176. The van der Waals surface area contributed by atoms with Crippen LogP contribution in [0.4, 0.5) is 10.1 Å². The van der Waals surface area contributed by atoms with Crippen LogP contribution in [0.5, 0.6) is 0 Å². The topological polar surface area (TPSA) is 25.2 Å². The molecule has 0 atom stereocenters. The summed E-state index contributed by atoms with van der Waals surface area (Å²) in [6.07, 6.45) is 0. The van der Waals surface area contributed by atoms with Crippen LogP contribution in [0.2, 0.25) is 0 Å². The second kappa shape index (κ2) is 5.00. The highest BCUT2D eigenvalue weighted by Crippen LogP contribution is 2.26. The van der Waals surface area contributed by atoms with Gasteiger partial charge in [0.05, 0.1) is 0 Å². The minimum atomic E-state index is -0.210. The van der Waals surface area contributed by atoms with E-state index in [2.05, 4.69) is 11.4 Å². The number of anilines is 1. The summed E-state index contributed by atoms with van der Waals surface area (Å²) in [4.78, 5) is 0. The molecule has 0 unspecified atom stereocenters. The molecular formula is C17H16FNO. The Balaban J connectivity index is 1.88. The minimum Gasteiger partial charge on any atom is -0.461 e. The lowest BCUT2D eigenvalue weighted by Crippen LogP contribution is -2.01. The molecular weight excluding hydrogens is 253 g/mol. The Hall–Kier alpha value is -2.29. The van der Waals surface area contributed by atoms with Crippen molar-refractivity contribution < 1.29 is 8.81 Å². The quantitative estimate of drug-likeness (QED) is 0.738. The van der Waals surface area contributed by atoms with E-state index < -0.39 is 0 Å². The second-order valence-electron chi connectivity index (χ2n) is 4.95. The standard InChI is InChI=1S/C17H16FNO/c1-11-9-13(18)7-8-16(11)19-10-15-12(2)20-17-6-4-3-5-14(15)17/h3-9,19H,10H2,1-2H3. The lowest BCUT2D eigenvalue weighted by Gasteiger charge is -2.09. The molecule has 3 rings (SSSR count). The molecule has 0 fully saturated rings. The highest BCUT2D eigenvalue weighted by Gasteiger charge is 2.10. The molecule has 0 saturated carbocycles. The van der Waals surface area contributed by atoms with E-state index in [1.165, 1.54) is 12.1 Å². The minimum absolute atomic E-state index is 0.210. The molecule has 3 heteroatoms. The van der Waals surface area contributed by atoms with E-state index in [4.69, 9.17) is 4.42 Å². The fourth-order valence-corrected chi connectivity index (χ4v) is 2.45. The van der Waals surface area contributed by atoms with Crippen molar-refractivity contribution in [1.82, 2.24) is 0 Å². The summed E-state index contributed by atoms with van der Waals surface area (Å²) in [6, 6.07) is 12.8. The first kappa shape index (κ1) is 12.7. The zero-order valence-corrected chi connectivity index (χ0v) is 11.5. The smallest absolute Gasteiger partial charge is 0.134 e. The van der Waals surface area contributed by atoms with Gasteiger partial charge in [0.25, 0.3) is 0 Å². The molecule has 2 aromatic carbocycles. The molecule has 3 aromatic rings. The molecule has 20 heavy (non-hydrogen) atoms. The molecule has 0 radical (unpaired) electrons. The summed E-state index contributed by atoms with van der Waals surface area (Å²) in [5.41, 5.74) is 3.88. The Morgan fingerprint density at radius 2 is 1.90 bits per heavy atom. The fourth-order valence-electron chi connectivity index (χ4n) is 2.45. The number of aryl methyl sites for hydroxylation is 2. The van der Waals surface area contributed by atoms with Crippen LogP contribution in [0.1, 0.15) is 16.9 Å². The summed E-state index contributed by atoms with van der Waals surface area (Å²) in [7, 11) is 0. The Labute approximate surface area is 117 Å². The van der Waals surface area contributed by atoms with Crippen molar-refractivity contribution in [3.05, 3.63) is 65.2 Å². The Kier molecular flexibility index (Phi) is 3.18. The number of halogens is 1. The Morgan fingerprint density at radius 3 is 2.70 bits per heavy atom. The van der Waals surface area contributed by atoms with Crippen molar-refractivity contribution in [3.63, 3.8) is 0 Å². The molecule has 0 aliphatic carbocycles. The van der Waals surface area contributed by atoms with E-state index >= 15 is 0 Å². The maximum absolute atomic E-state index is 13.1. The number of nitrogens with one attached hydrogen (secondary N) is 1. The summed E-state index contributed by atoms with van der Waals surface area (Å²) < 4.78 is 18.8. The summed E-state index contributed by atoms with van der Waals surface area (Å²) in [5, 5.41) is 4.47. The van der Waals surface area contributed by atoms with E-state index in [9.17, 15) is 4.39 Å². The molecule has 1 N–H and O–H groups in total. The lowest BCUT2D eigenvalue weighted by molar-refractivity contribution is 0.573. The van der Waals surface area contributed by atoms with Gasteiger partial charge in [0, 0.05) is 23.2 Å². The monoisotopic (exact) mass is 269 g/mol. The second-order valence-corrected chi connectivity index (χ2v) is 4.95. The predicted molar refractivity (Wildman–Crippen MR) is 79.4 cm³/mol. The summed E-state index contributed by atoms with van der Waals surface area (Å²) in [6.45, 7) is 4.52. The highest BCUT2D eigenvalue weighted by molar-refractivity contribution is 5.82. The maximum atomic E-state index is 13.1. The third-order valence-corrected chi connectivity index (χ3v) is 3.54. The molecule has 1 aromatic heterocycles. The van der Waals surface area contributed by atoms with Crippen LogP contribution < -0.4 is 5.32 Å². The average molecular weight is 269 g/mol. The van der Waals surface area contributed by atoms with Crippen molar-refractivity contribution >= 4 is 16.7 Å². The van der Waals surface area contributed by atoms with Gasteiger partial charge < -0.3 is 9.73 Å². The number of para-hydroxylation sites is 1. The lowest BCUT2D eigenvalue weighted by atomic mass is 10.1. The first-order valence-corrected chi connectivity index (χ1v) is 6.62. The van der Waals surface area contributed by atoms with Gasteiger partial charge in [-0.3, -0.25) is 0 Å². The van der Waals surface area contributed by atoms with E-state index in [1.807, 2.05) is 32.0 Å². The van der Waals surface area contributed by atoms with Crippen molar-refractivity contribution in [2.75, 3.05) is 5.32 Å². The number of furan rings is 1. The van der Waals surface area contributed by atoms with E-state index in [1.54, 1.807) is 6.07 Å². The Morgan fingerprint density at radius 1 is 1.10 bits per heavy atom. The van der Waals surface area contributed by atoms with E-state index in [-0.39, 0.29) is 5.82 Å². The number of benzene rings is 2. The van der Waals surface area contributed by atoms with Gasteiger partial charge in [0.1, 0.15) is 17.2 Å². The average Bonchev–Trinajstić information content (AvgIpc) is 2.74. The summed E-state index contributed by atoms with van der Waals surface area (Å²) >= 11 is 0. The van der Waals surface area contributed by atoms with Crippen molar-refractivity contribution in [2.45, 2.75) is 20.4 Å². The first-order valence-electron chi connectivity index (χ1n) is 6.62. The first-order chi connectivity index (χ1) is 9.65. The Bertz CT molecular complexity index is 761. The molecule has 102 valence electrons. The molecule has 0 aliphatic rings. The number of hydrogen-bond acceptors (Lipinski definition) is 2. The zero-order valence-electron chi connectivity index (χ0n) is 11.5. The van der Waals surface area contributed by atoms with Crippen LogP contribution in [-0.4, -0.2) is 0 Å². The molecule has 0 bridgehead atoms. The molecule has 0 aliphatic heterocycles. The van der Waals surface area contributed by atoms with Gasteiger partial charge in [0.15, 0.2) is 0 Å². The van der Waals surface area contributed by atoms with E-state index in [0.717, 1.165) is 33.5 Å². The van der Waals surface area contributed by atoms with Crippen molar-refractivity contribution in [3.8, 4) is 0 Å². The van der Waals surface area contributed by atoms with Gasteiger partial charge in [-0.25, -0.2) is 4.39 Å². The van der Waals surface area contributed by atoms with Crippen molar-refractivity contribution in [1.29, 1.82) is 0 Å². The molecule has 2 nitrogen and oxygen atoms in total. The van der Waals surface area contributed by atoms with Gasteiger partial charge >= 0.3 is 0 Å². The van der Waals surface area contributed by atoms with Gasteiger partial charge in [-0.2, -0.15) is 0 Å². The van der Waals surface area contributed by atoms with E-state index in [0.29, 0.717) is 6.54 Å². The van der Waals surface area contributed by atoms with Gasteiger partial charge in [0.2, 0.25) is 0 Å². The van der Waals surface area contributed by atoms with Crippen molar-refractivity contribution in [2.24, 2.45) is 0 Å². The number of hydrogen-bond donors (Lipinski definition) is 1. The van der Waals surface area contributed by atoms with Crippen LogP contribution in [0, 0.1) is 19.7 Å². The molecule has 0 spiro atoms. The third-order valence-electron chi connectivity index (χ3n) is 3.54. The van der Waals surface area contributed by atoms with Crippen LogP contribution in [0.3, 0.4) is 0 Å². The summed E-state index contributed by atoms with van der Waals surface area (Å²) in [5.74, 6) is 0.705. The van der Waals surface area contributed by atoms with Crippen LogP contribution in [0.15, 0.2) is 46.9 Å². The predicted octanol–water partition coefficient (Wildman–Crippen LogP) is 4.80. The molecule has 0 saturated heterocycles. The SMILES string of the molecule is Cc1cc(F)ccc1NCc1c(C)oc2ccccc12. The molecule has 0 amide bonds. The zero-order chi connectivity index (χ0) is 14.1. The van der Waals surface area contributed by atoms with Crippen LogP contribution >= 0.6 is 0 Å². The van der Waals surface area contributed by atoms with Gasteiger partial charge in [-0.1, -0.05) is 18.2 Å². The van der Waals surface area contributed by atoms with Crippen LogP contribution in [-0.2, 0) is 6.54 Å². The molecule has 1 heterocycles. The third kappa shape index (κ3) is 2.27. The van der Waals surface area contributed by atoms with Crippen LogP contribution in [0.25, 0.3) is 11.0 Å². The van der Waals surface area contributed by atoms with Gasteiger partial charge in [-0.05, 0) is 43.7 Å². The van der Waals surface area contributed by atoms with Gasteiger partial charge in [-0.15, -0.1) is 0 Å². The largest absolute Gasteiger partial charge is 0.461 e. The highest BCUT2D eigenvalue weighted by atomic mass is 19.1. The number of fused-ring (bicyclic) bond motifs is 1. The normalized spacial score (nSPS) is 10.9.